The number of rotatable bonds is 3. The van der Waals surface area contributed by atoms with Crippen LogP contribution in [0.4, 0.5) is 5.69 Å². The molecule has 0 saturated heterocycles. The predicted octanol–water partition coefficient (Wildman–Crippen LogP) is 2.73. The van der Waals surface area contributed by atoms with E-state index in [0.717, 1.165) is 11.5 Å². The van der Waals surface area contributed by atoms with Crippen molar-refractivity contribution in [2.24, 2.45) is 7.05 Å². The van der Waals surface area contributed by atoms with Crippen LogP contribution in [0.5, 0.6) is 0 Å². The highest BCUT2D eigenvalue weighted by Gasteiger charge is 2.03. The Morgan fingerprint density at radius 3 is 2.88 bits per heavy atom. The van der Waals surface area contributed by atoms with Gasteiger partial charge in [-0.05, 0) is 18.2 Å². The van der Waals surface area contributed by atoms with E-state index in [1.165, 1.54) is 6.33 Å². The molecule has 2 rings (SSSR count). The van der Waals surface area contributed by atoms with Crippen LogP contribution in [0.25, 0.3) is 0 Å². The quantitative estimate of drug-likeness (QED) is 0.919. The van der Waals surface area contributed by atoms with Crippen molar-refractivity contribution in [2.75, 3.05) is 5.32 Å². The molecule has 2 aromatic rings. The van der Waals surface area contributed by atoms with Gasteiger partial charge in [-0.15, -0.1) is 0 Å². The van der Waals surface area contributed by atoms with Gasteiger partial charge in [-0.2, -0.15) is 5.10 Å². The second-order valence-corrected chi connectivity index (χ2v) is 4.12. The molecule has 1 N–H and O–H groups in total. The Kier molecular flexibility index (Phi) is 3.31. The zero-order valence-electron chi connectivity index (χ0n) is 8.61. The first-order chi connectivity index (χ1) is 7.66. The molecular weight excluding hydrogens is 247 g/mol. The van der Waals surface area contributed by atoms with E-state index in [4.69, 9.17) is 23.2 Å². The summed E-state index contributed by atoms with van der Waals surface area (Å²) in [5.74, 6) is 0.830. The van der Waals surface area contributed by atoms with E-state index in [1.807, 2.05) is 7.05 Å². The minimum absolute atomic E-state index is 0.552. The molecule has 84 valence electrons. The number of anilines is 1. The third kappa shape index (κ3) is 2.46. The van der Waals surface area contributed by atoms with Gasteiger partial charge in [0, 0.05) is 12.1 Å². The van der Waals surface area contributed by atoms with Crippen LogP contribution in [0, 0.1) is 0 Å². The SMILES string of the molecule is Cn1ncnc1CNc1cc(Cl)ccc1Cl. The van der Waals surface area contributed by atoms with Crippen LogP contribution in [0.1, 0.15) is 5.82 Å². The molecule has 0 fully saturated rings. The summed E-state index contributed by atoms with van der Waals surface area (Å²) in [7, 11) is 1.84. The van der Waals surface area contributed by atoms with Gasteiger partial charge in [0.1, 0.15) is 12.2 Å². The Morgan fingerprint density at radius 1 is 1.38 bits per heavy atom. The number of nitrogens with zero attached hydrogens (tertiary/aromatic N) is 3. The maximum atomic E-state index is 6.01. The van der Waals surface area contributed by atoms with Crippen LogP contribution in [0.15, 0.2) is 24.5 Å². The number of nitrogens with one attached hydrogen (secondary N) is 1. The van der Waals surface area contributed by atoms with Gasteiger partial charge in [0.2, 0.25) is 0 Å². The normalized spacial score (nSPS) is 10.4. The summed E-state index contributed by atoms with van der Waals surface area (Å²) in [5.41, 5.74) is 0.789. The highest BCUT2D eigenvalue weighted by atomic mass is 35.5. The molecule has 1 aromatic heterocycles. The van der Waals surface area contributed by atoms with Gasteiger partial charge in [0.15, 0.2) is 0 Å². The molecule has 0 unspecified atom stereocenters. The Morgan fingerprint density at radius 2 is 2.19 bits per heavy atom. The number of aromatic nitrogens is 3. The molecule has 1 aromatic carbocycles. The van der Waals surface area contributed by atoms with Crippen molar-refractivity contribution in [1.82, 2.24) is 14.8 Å². The molecule has 4 nitrogen and oxygen atoms in total. The topological polar surface area (TPSA) is 42.7 Å². The highest BCUT2D eigenvalue weighted by molar-refractivity contribution is 6.35. The monoisotopic (exact) mass is 256 g/mol. The number of aryl methyl sites for hydroxylation is 1. The van der Waals surface area contributed by atoms with E-state index < -0.39 is 0 Å². The van der Waals surface area contributed by atoms with E-state index in [1.54, 1.807) is 22.9 Å². The first-order valence-electron chi connectivity index (χ1n) is 4.68. The lowest BCUT2D eigenvalue weighted by Gasteiger charge is -2.07. The molecule has 16 heavy (non-hydrogen) atoms. The van der Waals surface area contributed by atoms with Crippen LogP contribution >= 0.6 is 23.2 Å². The lowest BCUT2D eigenvalue weighted by Crippen LogP contribution is -2.07. The lowest BCUT2D eigenvalue weighted by molar-refractivity contribution is 0.712. The minimum Gasteiger partial charge on any atom is -0.377 e. The Labute approximate surface area is 103 Å². The van der Waals surface area contributed by atoms with E-state index in [0.29, 0.717) is 16.6 Å². The third-order valence-corrected chi connectivity index (χ3v) is 2.74. The average molecular weight is 257 g/mol. The zero-order valence-corrected chi connectivity index (χ0v) is 10.1. The van der Waals surface area contributed by atoms with Crippen LogP contribution in [-0.4, -0.2) is 14.8 Å². The fraction of sp³-hybridized carbons (Fsp3) is 0.200. The molecule has 0 aliphatic carbocycles. The van der Waals surface area contributed by atoms with Gasteiger partial charge in [0.05, 0.1) is 17.3 Å². The first kappa shape index (κ1) is 11.2. The summed E-state index contributed by atoms with van der Waals surface area (Å²) in [5, 5.41) is 8.41. The molecule has 0 aliphatic rings. The molecule has 0 amide bonds. The summed E-state index contributed by atoms with van der Waals surface area (Å²) in [6.45, 7) is 0.552. The molecule has 6 heteroatoms. The Balaban J connectivity index is 2.10. The third-order valence-electron chi connectivity index (χ3n) is 2.17. The van der Waals surface area contributed by atoms with E-state index >= 15 is 0 Å². The smallest absolute Gasteiger partial charge is 0.145 e. The van der Waals surface area contributed by atoms with E-state index in [9.17, 15) is 0 Å². The van der Waals surface area contributed by atoms with E-state index in [-0.39, 0.29) is 0 Å². The van der Waals surface area contributed by atoms with Gasteiger partial charge >= 0.3 is 0 Å². The number of hydrogen-bond donors (Lipinski definition) is 1. The van der Waals surface area contributed by atoms with Crippen LogP contribution in [0.2, 0.25) is 10.0 Å². The maximum Gasteiger partial charge on any atom is 0.145 e. The van der Waals surface area contributed by atoms with Crippen molar-refractivity contribution in [3.63, 3.8) is 0 Å². The maximum absolute atomic E-state index is 6.01. The summed E-state index contributed by atoms with van der Waals surface area (Å²) >= 11 is 11.9. The second kappa shape index (κ2) is 4.72. The molecule has 0 atom stereocenters. The molecule has 0 saturated carbocycles. The van der Waals surface area contributed by atoms with Crippen molar-refractivity contribution in [1.29, 1.82) is 0 Å². The fourth-order valence-corrected chi connectivity index (χ4v) is 1.64. The number of hydrogen-bond acceptors (Lipinski definition) is 3. The largest absolute Gasteiger partial charge is 0.377 e. The molecule has 0 aliphatic heterocycles. The molecule has 1 heterocycles. The standard InChI is InChI=1S/C10H10Cl2N4/c1-16-10(14-6-15-16)5-13-9-4-7(11)2-3-8(9)12/h2-4,6,13H,5H2,1H3. The summed E-state index contributed by atoms with van der Waals surface area (Å²) < 4.78 is 1.70. The summed E-state index contributed by atoms with van der Waals surface area (Å²) in [4.78, 5) is 4.10. The van der Waals surface area contributed by atoms with E-state index in [2.05, 4.69) is 15.4 Å². The van der Waals surface area contributed by atoms with Crippen LogP contribution in [0.3, 0.4) is 0 Å². The van der Waals surface area contributed by atoms with Gasteiger partial charge in [-0.25, -0.2) is 4.98 Å². The molecular formula is C10H10Cl2N4. The molecule has 0 radical (unpaired) electrons. The van der Waals surface area contributed by atoms with Gasteiger partial charge < -0.3 is 5.32 Å². The van der Waals surface area contributed by atoms with Gasteiger partial charge in [-0.3, -0.25) is 4.68 Å². The van der Waals surface area contributed by atoms with Crippen molar-refractivity contribution in [3.8, 4) is 0 Å². The molecule has 0 spiro atoms. The second-order valence-electron chi connectivity index (χ2n) is 3.28. The highest BCUT2D eigenvalue weighted by Crippen LogP contribution is 2.25. The first-order valence-corrected chi connectivity index (χ1v) is 5.44. The minimum atomic E-state index is 0.552. The number of benzene rings is 1. The molecule has 0 bridgehead atoms. The predicted molar refractivity (Wildman–Crippen MR) is 64.8 cm³/mol. The summed E-state index contributed by atoms with van der Waals surface area (Å²) in [6, 6.07) is 5.28. The lowest BCUT2D eigenvalue weighted by atomic mass is 10.3. The van der Waals surface area contributed by atoms with Crippen LogP contribution in [-0.2, 0) is 13.6 Å². The fourth-order valence-electron chi connectivity index (χ4n) is 1.29. The number of halogens is 2. The summed E-state index contributed by atoms with van der Waals surface area (Å²) in [6.07, 6.45) is 1.51. The van der Waals surface area contributed by atoms with Crippen molar-refractivity contribution >= 4 is 28.9 Å². The van der Waals surface area contributed by atoms with Crippen molar-refractivity contribution < 1.29 is 0 Å². The van der Waals surface area contributed by atoms with Crippen molar-refractivity contribution in [3.05, 3.63) is 40.4 Å². The van der Waals surface area contributed by atoms with Crippen molar-refractivity contribution in [2.45, 2.75) is 6.54 Å². The van der Waals surface area contributed by atoms with Gasteiger partial charge in [-0.1, -0.05) is 23.2 Å². The van der Waals surface area contributed by atoms with Crippen LogP contribution < -0.4 is 5.32 Å². The van der Waals surface area contributed by atoms with Gasteiger partial charge in [0.25, 0.3) is 0 Å². The zero-order chi connectivity index (χ0) is 11.5. The average Bonchev–Trinajstić information content (AvgIpc) is 2.66. The Hall–Kier alpha value is -1.26. The Bertz CT molecular complexity index is 495.